The number of nitrogens with zero attached hydrogens (tertiary/aromatic N) is 2. The third kappa shape index (κ3) is 2.10. The van der Waals surface area contributed by atoms with Gasteiger partial charge >= 0.3 is 0 Å². The standard InChI is InChI=1S/C25H25N3O3/c1-14-7-5-6-8-15(14)28-22(29)25-10-9-24(4,23(25,2)3)20-21(25)27-17-12-19-18(30-13-31-19)11-16(17)26-20/h5-8,11-12H,9-10,13H2,1-4H3,(H,28,29). The molecule has 2 unspecified atom stereocenters. The van der Waals surface area contributed by atoms with Crippen molar-refractivity contribution in [2.75, 3.05) is 12.1 Å². The van der Waals surface area contributed by atoms with Crippen LogP contribution in [0.4, 0.5) is 5.69 Å². The molecule has 1 fully saturated rings. The average Bonchev–Trinajstić information content (AvgIpc) is 3.31. The fourth-order valence-corrected chi connectivity index (χ4v) is 5.94. The first kappa shape index (κ1) is 18.6. The second kappa shape index (κ2) is 5.75. The van der Waals surface area contributed by atoms with Crippen molar-refractivity contribution in [3.05, 3.63) is 53.3 Å². The Morgan fingerprint density at radius 1 is 0.968 bits per heavy atom. The first-order valence-corrected chi connectivity index (χ1v) is 10.8. The highest BCUT2D eigenvalue weighted by Crippen LogP contribution is 2.70. The molecule has 2 bridgehead atoms. The van der Waals surface area contributed by atoms with E-state index < -0.39 is 5.41 Å². The zero-order valence-electron chi connectivity index (χ0n) is 18.2. The Morgan fingerprint density at radius 3 is 2.29 bits per heavy atom. The Balaban J connectivity index is 1.55. The normalized spacial score (nSPS) is 26.8. The molecule has 1 amide bonds. The maximum Gasteiger partial charge on any atom is 0.237 e. The largest absolute Gasteiger partial charge is 0.454 e. The van der Waals surface area contributed by atoms with Crippen molar-refractivity contribution >= 4 is 22.6 Å². The summed E-state index contributed by atoms with van der Waals surface area (Å²) in [4.78, 5) is 24.1. The number of aryl methyl sites for hydroxylation is 1. The second-order valence-electron chi connectivity index (χ2n) is 9.75. The fourth-order valence-electron chi connectivity index (χ4n) is 5.94. The van der Waals surface area contributed by atoms with Gasteiger partial charge in [0, 0.05) is 23.2 Å². The van der Waals surface area contributed by atoms with E-state index in [0.29, 0.717) is 11.5 Å². The molecule has 3 aromatic rings. The topological polar surface area (TPSA) is 73.3 Å². The molecule has 1 N–H and O–H groups in total. The van der Waals surface area contributed by atoms with Crippen LogP contribution in [-0.2, 0) is 15.6 Å². The van der Waals surface area contributed by atoms with Gasteiger partial charge < -0.3 is 14.8 Å². The van der Waals surface area contributed by atoms with Gasteiger partial charge in [0.1, 0.15) is 0 Å². The summed E-state index contributed by atoms with van der Waals surface area (Å²) in [6.45, 7) is 8.83. The van der Waals surface area contributed by atoms with Crippen molar-refractivity contribution in [1.82, 2.24) is 9.97 Å². The van der Waals surface area contributed by atoms with Crippen molar-refractivity contribution in [2.24, 2.45) is 5.41 Å². The van der Waals surface area contributed by atoms with Gasteiger partial charge in [0.05, 0.1) is 27.8 Å². The van der Waals surface area contributed by atoms with Crippen molar-refractivity contribution in [3.8, 4) is 11.5 Å². The molecule has 31 heavy (non-hydrogen) atoms. The zero-order chi connectivity index (χ0) is 21.6. The number of benzene rings is 2. The third-order valence-corrected chi connectivity index (χ3v) is 8.31. The maximum absolute atomic E-state index is 14.0. The lowest BCUT2D eigenvalue weighted by Gasteiger charge is -2.39. The molecule has 2 heterocycles. The SMILES string of the molecule is Cc1ccccc1NC(=O)C12CCC(C)(c3nc4cc5c(cc4nc31)OCO5)C2(C)C. The minimum absolute atomic E-state index is 0.00340. The van der Waals surface area contributed by atoms with Crippen LogP contribution in [0.2, 0.25) is 0 Å². The van der Waals surface area contributed by atoms with Crippen LogP contribution >= 0.6 is 0 Å². The number of hydrogen-bond acceptors (Lipinski definition) is 5. The lowest BCUT2D eigenvalue weighted by Crippen LogP contribution is -2.48. The minimum Gasteiger partial charge on any atom is -0.454 e. The molecule has 0 saturated heterocycles. The summed E-state index contributed by atoms with van der Waals surface area (Å²) in [6.07, 6.45) is 1.66. The third-order valence-electron chi connectivity index (χ3n) is 8.31. The molecule has 2 atom stereocenters. The number of carbonyl (C=O) groups excluding carboxylic acids is 1. The van der Waals surface area contributed by atoms with E-state index in [1.165, 1.54) is 0 Å². The Kier molecular flexibility index (Phi) is 3.45. The predicted octanol–water partition coefficient (Wildman–Crippen LogP) is 4.63. The fraction of sp³-hybridized carbons (Fsp3) is 0.400. The molecule has 158 valence electrons. The summed E-state index contributed by atoms with van der Waals surface area (Å²) in [5.74, 6) is 1.37. The van der Waals surface area contributed by atoms with Gasteiger partial charge in [0.2, 0.25) is 12.7 Å². The van der Waals surface area contributed by atoms with Gasteiger partial charge in [0.25, 0.3) is 0 Å². The van der Waals surface area contributed by atoms with Gasteiger partial charge in [-0.25, -0.2) is 9.97 Å². The van der Waals surface area contributed by atoms with E-state index in [1.54, 1.807) is 0 Å². The van der Waals surface area contributed by atoms with Gasteiger partial charge in [-0.1, -0.05) is 39.0 Å². The van der Waals surface area contributed by atoms with Crippen molar-refractivity contribution in [2.45, 2.75) is 51.4 Å². The molecule has 1 aromatic heterocycles. The van der Waals surface area contributed by atoms with Crippen LogP contribution in [0.25, 0.3) is 11.0 Å². The molecule has 1 saturated carbocycles. The molecule has 6 nitrogen and oxygen atoms in total. The van der Waals surface area contributed by atoms with Gasteiger partial charge in [-0.15, -0.1) is 0 Å². The van der Waals surface area contributed by atoms with Crippen LogP contribution in [0.15, 0.2) is 36.4 Å². The number of carbonyl (C=O) groups is 1. The maximum atomic E-state index is 14.0. The number of para-hydroxylation sites is 1. The highest BCUT2D eigenvalue weighted by molar-refractivity contribution is 6.02. The number of amides is 1. The summed E-state index contributed by atoms with van der Waals surface area (Å²) >= 11 is 0. The zero-order valence-corrected chi connectivity index (χ0v) is 18.2. The van der Waals surface area contributed by atoms with E-state index in [4.69, 9.17) is 19.4 Å². The summed E-state index contributed by atoms with van der Waals surface area (Å²) in [5.41, 5.74) is 3.85. The minimum atomic E-state index is -0.739. The number of hydrogen-bond donors (Lipinski definition) is 1. The van der Waals surface area contributed by atoms with Gasteiger partial charge in [-0.2, -0.15) is 0 Å². The molecular weight excluding hydrogens is 390 g/mol. The Labute approximate surface area is 181 Å². The van der Waals surface area contributed by atoms with Crippen LogP contribution in [0.1, 0.15) is 50.6 Å². The van der Waals surface area contributed by atoms with Crippen LogP contribution in [0.5, 0.6) is 11.5 Å². The number of rotatable bonds is 2. The Morgan fingerprint density at radius 2 is 1.61 bits per heavy atom. The molecule has 2 aliphatic carbocycles. The van der Waals surface area contributed by atoms with Gasteiger partial charge in [-0.3, -0.25) is 4.79 Å². The molecule has 2 aromatic carbocycles. The van der Waals surface area contributed by atoms with Crippen LogP contribution in [0.3, 0.4) is 0 Å². The Hall–Kier alpha value is -3.15. The van der Waals surface area contributed by atoms with Gasteiger partial charge in [0.15, 0.2) is 11.5 Å². The second-order valence-corrected chi connectivity index (χ2v) is 9.75. The quantitative estimate of drug-likeness (QED) is 0.660. The number of anilines is 1. The monoisotopic (exact) mass is 415 g/mol. The number of aromatic nitrogens is 2. The highest BCUT2D eigenvalue weighted by atomic mass is 16.7. The number of nitrogens with one attached hydrogen (secondary N) is 1. The molecule has 3 aliphatic rings. The molecule has 6 heteroatoms. The summed E-state index contributed by atoms with van der Waals surface area (Å²) < 4.78 is 11.1. The number of fused-ring (bicyclic) bond motifs is 7. The van der Waals surface area contributed by atoms with E-state index in [9.17, 15) is 4.79 Å². The molecular formula is C25H25N3O3. The first-order chi connectivity index (χ1) is 14.8. The van der Waals surface area contributed by atoms with Crippen LogP contribution in [0, 0.1) is 12.3 Å². The van der Waals surface area contributed by atoms with Crippen molar-refractivity contribution in [3.63, 3.8) is 0 Å². The van der Waals surface area contributed by atoms with E-state index in [0.717, 1.165) is 46.5 Å². The lowest BCUT2D eigenvalue weighted by molar-refractivity contribution is -0.125. The van der Waals surface area contributed by atoms with E-state index in [2.05, 4.69) is 26.1 Å². The average molecular weight is 415 g/mol. The van der Waals surface area contributed by atoms with E-state index in [1.807, 2.05) is 43.3 Å². The highest BCUT2D eigenvalue weighted by Gasteiger charge is 2.73. The summed E-state index contributed by atoms with van der Waals surface area (Å²) in [6, 6.07) is 11.7. The molecule has 0 spiro atoms. The predicted molar refractivity (Wildman–Crippen MR) is 118 cm³/mol. The van der Waals surface area contributed by atoms with Crippen molar-refractivity contribution < 1.29 is 14.3 Å². The molecule has 6 rings (SSSR count). The summed E-state index contributed by atoms with van der Waals surface area (Å²) in [5, 5.41) is 3.22. The van der Waals surface area contributed by atoms with Crippen molar-refractivity contribution in [1.29, 1.82) is 0 Å². The van der Waals surface area contributed by atoms with Crippen LogP contribution in [-0.4, -0.2) is 22.7 Å². The van der Waals surface area contributed by atoms with E-state index in [-0.39, 0.29) is 23.5 Å². The summed E-state index contributed by atoms with van der Waals surface area (Å²) in [7, 11) is 0. The smallest absolute Gasteiger partial charge is 0.237 e. The number of ether oxygens (including phenoxy) is 2. The lowest BCUT2D eigenvalue weighted by atomic mass is 9.63. The Bertz CT molecular complexity index is 1280. The molecule has 0 radical (unpaired) electrons. The van der Waals surface area contributed by atoms with Gasteiger partial charge in [-0.05, 0) is 36.8 Å². The first-order valence-electron chi connectivity index (χ1n) is 10.8. The van der Waals surface area contributed by atoms with E-state index >= 15 is 0 Å². The van der Waals surface area contributed by atoms with Crippen LogP contribution < -0.4 is 14.8 Å². The molecule has 1 aliphatic heterocycles.